The molecule has 6 atom stereocenters. The second-order valence-electron chi connectivity index (χ2n) is 9.13. The molecule has 1 fully saturated rings. The van der Waals surface area contributed by atoms with Crippen molar-refractivity contribution in [1.82, 2.24) is 14.6 Å². The molecule has 36 heavy (non-hydrogen) atoms. The van der Waals surface area contributed by atoms with E-state index in [4.69, 9.17) is 24.3 Å². The summed E-state index contributed by atoms with van der Waals surface area (Å²) in [7, 11) is -4.19. The predicted octanol–water partition coefficient (Wildman–Crippen LogP) is 1.66. The third-order valence-corrected chi connectivity index (χ3v) is 7.13. The minimum Gasteiger partial charge on any atom is -0.462 e. The van der Waals surface area contributed by atoms with Gasteiger partial charge in [-0.3, -0.25) is 13.9 Å². The molecule has 0 bridgehead atoms. The number of nitrogens with zero attached hydrogens (tertiary/aromatic N) is 2. The summed E-state index contributed by atoms with van der Waals surface area (Å²) in [5.74, 6) is -0.423. The summed E-state index contributed by atoms with van der Waals surface area (Å²) in [6.45, 7) is 7.60. The number of rotatable bonds is 10. The standard InChI is InChI=1S/C23H33N4O8P/c1-14(2)33-20(29)16(4)26-36(31,35-17-9-7-6-8-10-17)32-13-18-19(28)23(5,24)21(34-18)27-12-11-15(3)25-22(27)30/h6-12,14,16,18-19,21,28H,13,24H2,1-5H3,(H,26,31)/t16-,18-,19-,21-,23-,36?/m1/s1. The Morgan fingerprint density at radius 1 is 1.31 bits per heavy atom. The van der Waals surface area contributed by atoms with Gasteiger partial charge in [0.05, 0.1) is 18.2 Å². The minimum atomic E-state index is -4.19. The lowest BCUT2D eigenvalue weighted by molar-refractivity contribution is -0.149. The molecule has 1 aliphatic rings. The number of hydrogen-bond donors (Lipinski definition) is 3. The number of aryl methyl sites for hydroxylation is 1. The Labute approximate surface area is 209 Å². The highest BCUT2D eigenvalue weighted by Gasteiger charge is 2.52. The van der Waals surface area contributed by atoms with Crippen molar-refractivity contribution in [1.29, 1.82) is 0 Å². The third-order valence-electron chi connectivity index (χ3n) is 5.48. The van der Waals surface area contributed by atoms with Crippen LogP contribution in [0.5, 0.6) is 5.75 Å². The van der Waals surface area contributed by atoms with Crippen LogP contribution in [0.1, 0.15) is 39.6 Å². The molecule has 0 aliphatic carbocycles. The molecule has 1 aromatic heterocycles. The molecule has 3 rings (SSSR count). The monoisotopic (exact) mass is 524 g/mol. The first kappa shape index (κ1) is 28.0. The Hall–Kier alpha value is -2.60. The van der Waals surface area contributed by atoms with Crippen LogP contribution in [0.4, 0.5) is 0 Å². The molecule has 198 valence electrons. The van der Waals surface area contributed by atoms with E-state index in [-0.39, 0.29) is 11.9 Å². The fourth-order valence-electron chi connectivity index (χ4n) is 3.61. The molecule has 13 heteroatoms. The number of esters is 1. The van der Waals surface area contributed by atoms with Crippen LogP contribution in [0.2, 0.25) is 0 Å². The van der Waals surface area contributed by atoms with Crippen molar-refractivity contribution in [2.45, 2.75) is 70.7 Å². The van der Waals surface area contributed by atoms with Crippen LogP contribution in [0.3, 0.4) is 0 Å². The van der Waals surface area contributed by atoms with Gasteiger partial charge in [-0.1, -0.05) is 18.2 Å². The molecule has 2 heterocycles. The van der Waals surface area contributed by atoms with Crippen LogP contribution < -0.4 is 21.0 Å². The van der Waals surface area contributed by atoms with Crippen LogP contribution in [0.25, 0.3) is 0 Å². The minimum absolute atomic E-state index is 0.226. The topological polar surface area (TPSA) is 164 Å². The average molecular weight is 525 g/mol. The highest BCUT2D eigenvalue weighted by Crippen LogP contribution is 2.46. The third kappa shape index (κ3) is 6.58. The highest BCUT2D eigenvalue weighted by molar-refractivity contribution is 7.52. The Kier molecular flexibility index (Phi) is 8.71. The van der Waals surface area contributed by atoms with Crippen molar-refractivity contribution < 1.29 is 33.0 Å². The number of ether oxygens (including phenoxy) is 2. The number of carbonyl (C=O) groups is 1. The van der Waals surface area contributed by atoms with Gasteiger partial charge in [0.2, 0.25) is 0 Å². The van der Waals surface area contributed by atoms with Gasteiger partial charge in [-0.15, -0.1) is 0 Å². The second kappa shape index (κ2) is 11.2. The number of aliphatic hydroxyl groups is 1. The van der Waals surface area contributed by atoms with Crippen LogP contribution >= 0.6 is 7.75 Å². The summed E-state index contributed by atoms with van der Waals surface area (Å²) in [4.78, 5) is 28.6. The Balaban J connectivity index is 1.79. The predicted molar refractivity (Wildman–Crippen MR) is 130 cm³/mol. The molecule has 1 saturated heterocycles. The molecule has 0 radical (unpaired) electrons. The zero-order valence-electron chi connectivity index (χ0n) is 20.9. The van der Waals surface area contributed by atoms with E-state index in [0.29, 0.717) is 5.69 Å². The van der Waals surface area contributed by atoms with E-state index in [9.17, 15) is 19.3 Å². The Bertz CT molecular complexity index is 1160. The van der Waals surface area contributed by atoms with Crippen molar-refractivity contribution in [3.63, 3.8) is 0 Å². The first-order valence-corrected chi connectivity index (χ1v) is 13.0. The number of nitrogens with two attached hydrogens (primary N) is 1. The van der Waals surface area contributed by atoms with Crippen molar-refractivity contribution in [2.75, 3.05) is 6.61 Å². The summed E-state index contributed by atoms with van der Waals surface area (Å²) < 4.78 is 37.1. The number of carbonyl (C=O) groups excluding carboxylic acids is 1. The Morgan fingerprint density at radius 2 is 1.97 bits per heavy atom. The molecule has 12 nitrogen and oxygen atoms in total. The van der Waals surface area contributed by atoms with Gasteiger partial charge in [0.25, 0.3) is 0 Å². The summed E-state index contributed by atoms with van der Waals surface area (Å²) in [6.07, 6.45) is -2.35. The van der Waals surface area contributed by atoms with E-state index in [2.05, 4.69) is 10.1 Å². The summed E-state index contributed by atoms with van der Waals surface area (Å²) in [6, 6.07) is 8.82. The number of benzene rings is 1. The lowest BCUT2D eigenvalue weighted by Crippen LogP contribution is -2.53. The number of aromatic nitrogens is 2. The maximum Gasteiger partial charge on any atom is 0.459 e. The molecular weight excluding hydrogens is 491 g/mol. The van der Waals surface area contributed by atoms with Crippen LogP contribution in [-0.4, -0.2) is 57.1 Å². The van der Waals surface area contributed by atoms with E-state index in [1.165, 1.54) is 24.6 Å². The zero-order valence-corrected chi connectivity index (χ0v) is 21.8. The smallest absolute Gasteiger partial charge is 0.459 e. The van der Waals surface area contributed by atoms with Gasteiger partial charge in [-0.05, 0) is 52.8 Å². The molecule has 0 amide bonds. The quantitative estimate of drug-likeness (QED) is 0.306. The molecule has 4 N–H and O–H groups in total. The van der Waals surface area contributed by atoms with Gasteiger partial charge in [-0.2, -0.15) is 10.1 Å². The number of para-hydroxylation sites is 1. The zero-order chi connectivity index (χ0) is 26.7. The van der Waals surface area contributed by atoms with Crippen LogP contribution in [-0.2, 0) is 23.4 Å². The maximum absolute atomic E-state index is 13.7. The summed E-state index contributed by atoms with van der Waals surface area (Å²) >= 11 is 0. The van der Waals surface area contributed by atoms with Crippen LogP contribution in [0.15, 0.2) is 47.4 Å². The van der Waals surface area contributed by atoms with Crippen molar-refractivity contribution >= 4 is 13.7 Å². The van der Waals surface area contributed by atoms with Gasteiger partial charge >= 0.3 is 19.4 Å². The van der Waals surface area contributed by atoms with Crippen molar-refractivity contribution in [2.24, 2.45) is 5.73 Å². The number of aliphatic hydroxyl groups excluding tert-OH is 1. The van der Waals surface area contributed by atoms with Crippen molar-refractivity contribution in [3.8, 4) is 5.75 Å². The molecule has 0 saturated carbocycles. The van der Waals surface area contributed by atoms with Crippen molar-refractivity contribution in [3.05, 3.63) is 58.8 Å². The van der Waals surface area contributed by atoms with E-state index in [1.54, 1.807) is 57.2 Å². The number of hydrogen-bond acceptors (Lipinski definition) is 10. The lowest BCUT2D eigenvalue weighted by Gasteiger charge is -2.28. The second-order valence-corrected chi connectivity index (χ2v) is 10.8. The van der Waals surface area contributed by atoms with Gasteiger partial charge in [0.15, 0.2) is 6.23 Å². The van der Waals surface area contributed by atoms with E-state index < -0.39 is 56.0 Å². The fraction of sp³-hybridized carbons (Fsp3) is 0.522. The highest BCUT2D eigenvalue weighted by atomic mass is 31.2. The van der Waals surface area contributed by atoms with E-state index >= 15 is 0 Å². The van der Waals surface area contributed by atoms with Gasteiger partial charge in [0, 0.05) is 11.9 Å². The summed E-state index contributed by atoms with van der Waals surface area (Å²) in [5, 5.41) is 13.4. The number of nitrogens with one attached hydrogen (secondary N) is 1. The lowest BCUT2D eigenvalue weighted by atomic mass is 9.93. The molecule has 2 aromatic rings. The Morgan fingerprint density at radius 3 is 2.58 bits per heavy atom. The van der Waals surface area contributed by atoms with E-state index in [0.717, 1.165) is 0 Å². The fourth-order valence-corrected chi connectivity index (χ4v) is 5.11. The van der Waals surface area contributed by atoms with Gasteiger partial charge < -0.3 is 24.8 Å². The van der Waals surface area contributed by atoms with E-state index in [1.807, 2.05) is 0 Å². The largest absolute Gasteiger partial charge is 0.462 e. The molecule has 0 spiro atoms. The van der Waals surface area contributed by atoms with Gasteiger partial charge in [-0.25, -0.2) is 9.36 Å². The molecule has 1 aromatic carbocycles. The average Bonchev–Trinajstić information content (AvgIpc) is 3.01. The SMILES string of the molecule is Cc1ccn([C@@H]2O[C@H](COP(=O)(N[C@H](C)C(=O)OC(C)C)Oc3ccccc3)[C@@H](O)[C@@]2(C)N)c(=O)n1. The first-order valence-electron chi connectivity index (χ1n) is 11.5. The van der Waals surface area contributed by atoms with Crippen LogP contribution in [0, 0.1) is 6.92 Å². The normalized spacial score (nSPS) is 26.4. The molecular formula is C23H33N4O8P. The maximum atomic E-state index is 13.7. The molecule has 1 aliphatic heterocycles. The molecule has 1 unspecified atom stereocenters. The first-order chi connectivity index (χ1) is 16.8. The van der Waals surface area contributed by atoms with Gasteiger partial charge in [0.1, 0.15) is 24.0 Å². The summed E-state index contributed by atoms with van der Waals surface area (Å²) in [5.41, 5.74) is 4.85.